The highest BCUT2D eigenvalue weighted by Crippen LogP contribution is 2.27. The molecule has 2 aromatic carbocycles. The van der Waals surface area contributed by atoms with Gasteiger partial charge in [-0.05, 0) is 49.4 Å². The second kappa shape index (κ2) is 21.4. The average molecular weight is 828 g/mol. The molecule has 0 bridgehead atoms. The number of nitrogens with two attached hydrogens (primary N) is 2. The Morgan fingerprint density at radius 1 is 0.932 bits per heavy atom. The van der Waals surface area contributed by atoms with E-state index in [1.807, 2.05) is 26.0 Å². The number of nitrogens with zero attached hydrogens (tertiary/aromatic N) is 2. The molecule has 2 aromatic rings. The molecule has 6 amide bonds. The van der Waals surface area contributed by atoms with E-state index < -0.39 is 119 Å². The van der Waals surface area contributed by atoms with Crippen LogP contribution in [0.4, 0.5) is 11.4 Å². The van der Waals surface area contributed by atoms with Gasteiger partial charge >= 0.3 is 11.7 Å². The Morgan fingerprint density at radius 2 is 1.59 bits per heavy atom. The van der Waals surface area contributed by atoms with Crippen LogP contribution in [0.1, 0.15) is 64.5 Å². The minimum atomic E-state index is -1.60. The van der Waals surface area contributed by atoms with Gasteiger partial charge in [0.25, 0.3) is 0 Å². The van der Waals surface area contributed by atoms with E-state index in [1.165, 1.54) is 19.9 Å². The third-order valence-corrected chi connectivity index (χ3v) is 10.0. The molecule has 1 heterocycles. The van der Waals surface area contributed by atoms with E-state index in [-0.39, 0.29) is 24.4 Å². The molecule has 0 spiro atoms. The number of benzene rings is 2. The van der Waals surface area contributed by atoms with Gasteiger partial charge in [0.15, 0.2) is 5.75 Å². The van der Waals surface area contributed by atoms with Crippen LogP contribution < -0.4 is 38.1 Å². The minimum Gasteiger partial charge on any atom is -0.502 e. The Morgan fingerprint density at radius 3 is 2.20 bits per heavy atom. The molecule has 12 N–H and O–H groups in total. The van der Waals surface area contributed by atoms with Crippen LogP contribution in [0.2, 0.25) is 0 Å². The van der Waals surface area contributed by atoms with Crippen LogP contribution in [0.5, 0.6) is 5.75 Å². The van der Waals surface area contributed by atoms with E-state index in [1.54, 1.807) is 12.1 Å². The summed E-state index contributed by atoms with van der Waals surface area (Å²) in [6.07, 6.45) is -2.24. The molecule has 322 valence electrons. The van der Waals surface area contributed by atoms with Gasteiger partial charge in [-0.1, -0.05) is 44.5 Å². The van der Waals surface area contributed by atoms with E-state index in [9.17, 15) is 53.9 Å². The summed E-state index contributed by atoms with van der Waals surface area (Å²) in [5, 5.41) is 54.1. The summed E-state index contributed by atoms with van der Waals surface area (Å²) in [6.45, 7) is 6.53. The Kier molecular flexibility index (Phi) is 17.1. The fourth-order valence-corrected chi connectivity index (χ4v) is 6.41. The predicted octanol–water partition coefficient (Wildman–Crippen LogP) is -1.08. The van der Waals surface area contributed by atoms with Gasteiger partial charge in [0.1, 0.15) is 30.2 Å². The summed E-state index contributed by atoms with van der Waals surface area (Å²) in [4.78, 5) is 102. The van der Waals surface area contributed by atoms with Crippen molar-refractivity contribution in [2.45, 2.75) is 109 Å². The number of carbonyl (C=O) groups is 7. The number of nitrogen functional groups attached to an aromatic ring is 1. The van der Waals surface area contributed by atoms with Gasteiger partial charge in [0.05, 0.1) is 17.1 Å². The standard InChI is InChI=1S/C38H53N9O12/c1-5-19(2)32(41-17-23-8-6-7-9-25(23)39)37(56)42-20(3)34(53)43-21(4)38(57)46-18-24(48)16-29(46)36(55)45-27(14-22-10-12-30(49)28(15-22)47(58)59)35(54)44-26(33(40)52)11-13-31(50)51/h6-10,12,15,19-21,24,26-27,29,32,41,48-49H,5,11,13-14,16-18,39H2,1-4H3,(H2,40,52)(H,42,56)(H,43,53)(H,44,54)(H,45,55)(H,50,51)/t19-,20-,21-,24?,26-,27-,29-,32-/m0/s1. The molecule has 0 saturated carbocycles. The summed E-state index contributed by atoms with van der Waals surface area (Å²) in [6, 6.07) is 2.84. The number of phenols is 1. The average Bonchev–Trinajstić information content (AvgIpc) is 3.57. The van der Waals surface area contributed by atoms with Crippen molar-refractivity contribution in [1.29, 1.82) is 0 Å². The van der Waals surface area contributed by atoms with Gasteiger partial charge in [-0.3, -0.25) is 43.7 Å². The zero-order chi connectivity index (χ0) is 44.1. The largest absolute Gasteiger partial charge is 0.502 e. The zero-order valence-corrected chi connectivity index (χ0v) is 33.2. The molecule has 1 unspecified atom stereocenters. The second-order valence-corrected chi connectivity index (χ2v) is 14.5. The van der Waals surface area contributed by atoms with E-state index >= 15 is 0 Å². The quantitative estimate of drug-likeness (QED) is 0.0407. The van der Waals surface area contributed by atoms with Crippen molar-refractivity contribution >= 4 is 52.8 Å². The molecule has 21 nitrogen and oxygen atoms in total. The van der Waals surface area contributed by atoms with Gasteiger partial charge < -0.3 is 58.3 Å². The van der Waals surface area contributed by atoms with Crippen LogP contribution in [0.25, 0.3) is 0 Å². The first-order valence-electron chi connectivity index (χ1n) is 19.0. The van der Waals surface area contributed by atoms with Gasteiger partial charge in [-0.2, -0.15) is 0 Å². The topological polar surface area (TPSA) is 339 Å². The lowest BCUT2D eigenvalue weighted by atomic mass is 9.97. The van der Waals surface area contributed by atoms with Crippen molar-refractivity contribution in [3.8, 4) is 5.75 Å². The summed E-state index contributed by atoms with van der Waals surface area (Å²) in [5.41, 5.74) is 12.1. The Labute approximate surface area is 339 Å². The molecule has 1 saturated heterocycles. The fourth-order valence-electron chi connectivity index (χ4n) is 6.41. The number of β-amino-alcohol motifs (C(OH)–C–C–N with tert-alkyl or cyclic N) is 1. The SMILES string of the molecule is CC[C@H](C)[C@H](NCc1ccccc1N)C(=O)N[C@@H](C)C(=O)N[C@@H](C)C(=O)N1CC(O)C[C@H]1C(=O)N[C@@H](Cc1ccc(O)c([N+](=O)[O-])c1)C(=O)N[C@@H](CCC(=O)O)C(N)=O. The van der Waals surface area contributed by atoms with Crippen molar-refractivity contribution in [2.75, 3.05) is 12.3 Å². The van der Waals surface area contributed by atoms with Gasteiger partial charge in [-0.15, -0.1) is 0 Å². The number of aliphatic hydroxyl groups is 1. The lowest BCUT2D eigenvalue weighted by Crippen LogP contribution is -2.59. The number of amides is 6. The smallest absolute Gasteiger partial charge is 0.310 e. The maximum Gasteiger partial charge on any atom is 0.310 e. The summed E-state index contributed by atoms with van der Waals surface area (Å²) >= 11 is 0. The number of hydrogen-bond donors (Lipinski definition) is 10. The number of anilines is 1. The van der Waals surface area contributed by atoms with Crippen molar-refractivity contribution < 1.29 is 53.8 Å². The number of aromatic hydroxyl groups is 1. The number of carboxylic acids is 1. The molecular formula is C38H53N9O12. The normalized spacial score (nSPS) is 17.9. The maximum absolute atomic E-state index is 13.8. The van der Waals surface area contributed by atoms with E-state index in [4.69, 9.17) is 16.6 Å². The molecule has 1 aliphatic heterocycles. The predicted molar refractivity (Wildman–Crippen MR) is 211 cm³/mol. The number of aliphatic hydroxyl groups excluding tert-OH is 1. The number of carbonyl (C=O) groups excluding carboxylic acids is 6. The highest BCUT2D eigenvalue weighted by molar-refractivity contribution is 5.97. The minimum absolute atomic E-state index is 0.0835. The number of phenolic OH excluding ortho intramolecular Hbond substituents is 1. The first-order valence-corrected chi connectivity index (χ1v) is 19.0. The van der Waals surface area contributed by atoms with Gasteiger partial charge in [0.2, 0.25) is 35.4 Å². The number of para-hydroxylation sites is 1. The highest BCUT2D eigenvalue weighted by atomic mass is 16.6. The molecule has 21 heteroatoms. The Balaban J connectivity index is 1.75. The van der Waals surface area contributed by atoms with Crippen molar-refractivity contribution in [3.05, 3.63) is 63.7 Å². The first-order chi connectivity index (χ1) is 27.7. The number of likely N-dealkylation sites (tertiary alicyclic amines) is 1. The van der Waals surface area contributed by atoms with Crippen LogP contribution in [0, 0.1) is 16.0 Å². The van der Waals surface area contributed by atoms with Gasteiger partial charge in [0, 0.05) is 44.1 Å². The maximum atomic E-state index is 13.8. The number of nitro benzene ring substituents is 1. The van der Waals surface area contributed by atoms with Gasteiger partial charge in [-0.25, -0.2) is 0 Å². The summed E-state index contributed by atoms with van der Waals surface area (Å²) in [5.74, 6) is -7.12. The number of rotatable bonds is 21. The lowest BCUT2D eigenvalue weighted by molar-refractivity contribution is -0.385. The Hall–Kier alpha value is -6.35. The summed E-state index contributed by atoms with van der Waals surface area (Å²) < 4.78 is 0. The fraction of sp³-hybridized carbons (Fsp3) is 0.500. The van der Waals surface area contributed by atoms with Crippen molar-refractivity contribution in [3.63, 3.8) is 0 Å². The van der Waals surface area contributed by atoms with Crippen LogP contribution in [0.15, 0.2) is 42.5 Å². The monoisotopic (exact) mass is 827 g/mol. The second-order valence-electron chi connectivity index (χ2n) is 14.5. The number of nitrogens with one attached hydrogen (secondary N) is 5. The summed E-state index contributed by atoms with van der Waals surface area (Å²) in [7, 11) is 0. The number of carboxylic acid groups (broad SMARTS) is 1. The molecule has 59 heavy (non-hydrogen) atoms. The molecule has 1 fully saturated rings. The van der Waals surface area contributed by atoms with Crippen LogP contribution in [-0.2, 0) is 46.5 Å². The van der Waals surface area contributed by atoms with Crippen LogP contribution in [-0.4, -0.2) is 115 Å². The third kappa shape index (κ3) is 13.4. The van der Waals surface area contributed by atoms with E-state index in [0.29, 0.717) is 18.7 Å². The molecule has 1 aliphatic rings. The lowest BCUT2D eigenvalue weighted by Gasteiger charge is -2.29. The first kappa shape index (κ1) is 47.0. The van der Waals surface area contributed by atoms with E-state index in [2.05, 4.69) is 26.6 Å². The molecule has 3 rings (SSSR count). The van der Waals surface area contributed by atoms with Crippen LogP contribution >= 0.6 is 0 Å². The molecule has 0 aromatic heterocycles. The zero-order valence-electron chi connectivity index (χ0n) is 33.2. The molecule has 0 radical (unpaired) electrons. The van der Waals surface area contributed by atoms with Crippen LogP contribution in [0.3, 0.4) is 0 Å². The highest BCUT2D eigenvalue weighted by Gasteiger charge is 2.42. The number of aliphatic carboxylic acids is 1. The van der Waals surface area contributed by atoms with Crippen molar-refractivity contribution in [2.24, 2.45) is 11.7 Å². The third-order valence-electron chi connectivity index (χ3n) is 10.0. The molecular weight excluding hydrogens is 774 g/mol. The Bertz CT molecular complexity index is 1900. The number of primary amides is 1. The number of hydrogen-bond acceptors (Lipinski definition) is 13. The molecule has 0 aliphatic carbocycles. The van der Waals surface area contributed by atoms with Crippen molar-refractivity contribution in [1.82, 2.24) is 31.5 Å². The number of nitro groups is 1. The van der Waals surface area contributed by atoms with E-state index in [0.717, 1.165) is 22.6 Å². The molecule has 8 atom stereocenters.